The molecule has 0 spiro atoms. The Balaban J connectivity index is 2.44. The summed E-state index contributed by atoms with van der Waals surface area (Å²) in [6, 6.07) is 8.65. The molecule has 0 unspecified atom stereocenters. The van der Waals surface area contributed by atoms with E-state index in [4.69, 9.17) is 4.74 Å². The lowest BCUT2D eigenvalue weighted by molar-refractivity contribution is 0.0697. The largest absolute Gasteiger partial charge is 0.489 e. The summed E-state index contributed by atoms with van der Waals surface area (Å²) in [5.41, 5.74) is 1.62. The summed E-state index contributed by atoms with van der Waals surface area (Å²) in [4.78, 5) is 15.3. The molecule has 0 aliphatic heterocycles. The van der Waals surface area contributed by atoms with Gasteiger partial charge in [0, 0.05) is 11.8 Å². The van der Waals surface area contributed by atoms with E-state index in [1.165, 1.54) is 0 Å². The number of carboxylic acid groups (broad SMARTS) is 1. The first kappa shape index (κ1) is 13.1. The lowest BCUT2D eigenvalue weighted by Crippen LogP contribution is -2.06. The van der Waals surface area contributed by atoms with Gasteiger partial charge in [0.1, 0.15) is 5.75 Å². The summed E-state index contributed by atoms with van der Waals surface area (Å²) in [5, 5.41) is 9.19. The van der Waals surface area contributed by atoms with E-state index < -0.39 is 5.97 Å². The number of hydrogen-bond acceptors (Lipinski definition) is 3. The third kappa shape index (κ3) is 3.10. The van der Waals surface area contributed by atoms with Crippen molar-refractivity contribution in [1.82, 2.24) is 4.98 Å². The molecule has 0 aliphatic rings. The Hall–Kier alpha value is -2.36. The van der Waals surface area contributed by atoms with Crippen molar-refractivity contribution in [3.8, 4) is 16.9 Å². The number of benzene rings is 1. The molecule has 2 aromatic rings. The molecule has 0 aliphatic carbocycles. The summed E-state index contributed by atoms with van der Waals surface area (Å²) in [7, 11) is 0. The van der Waals surface area contributed by atoms with E-state index in [0.717, 1.165) is 5.56 Å². The second kappa shape index (κ2) is 5.52. The Morgan fingerprint density at radius 1 is 1.26 bits per heavy atom. The van der Waals surface area contributed by atoms with Gasteiger partial charge in [-0.1, -0.05) is 18.2 Å². The molecule has 19 heavy (non-hydrogen) atoms. The predicted octanol–water partition coefficient (Wildman–Crippen LogP) is 3.23. The van der Waals surface area contributed by atoms with Gasteiger partial charge in [0.2, 0.25) is 0 Å². The van der Waals surface area contributed by atoms with Crippen LogP contribution in [0.3, 0.4) is 0 Å². The quantitative estimate of drug-likeness (QED) is 0.913. The van der Waals surface area contributed by atoms with Crippen molar-refractivity contribution in [3.05, 3.63) is 48.3 Å². The summed E-state index contributed by atoms with van der Waals surface area (Å²) in [6.45, 7) is 3.86. The van der Waals surface area contributed by atoms with Crippen LogP contribution in [0, 0.1) is 0 Å². The molecule has 0 saturated heterocycles. The molecule has 1 N–H and O–H groups in total. The Morgan fingerprint density at radius 3 is 2.68 bits per heavy atom. The van der Waals surface area contributed by atoms with Crippen molar-refractivity contribution >= 4 is 5.97 Å². The molecule has 0 radical (unpaired) electrons. The SMILES string of the molecule is CC(C)Oc1cncc(-c2ccccc2C(=O)O)c1. The average Bonchev–Trinajstić information content (AvgIpc) is 2.38. The van der Waals surface area contributed by atoms with Crippen molar-refractivity contribution in [2.45, 2.75) is 20.0 Å². The summed E-state index contributed by atoms with van der Waals surface area (Å²) >= 11 is 0. The molecular formula is C15H15NO3. The third-order valence-electron chi connectivity index (χ3n) is 2.55. The van der Waals surface area contributed by atoms with Crippen molar-refractivity contribution in [2.75, 3.05) is 0 Å². The van der Waals surface area contributed by atoms with Crippen molar-refractivity contribution in [3.63, 3.8) is 0 Å². The van der Waals surface area contributed by atoms with Gasteiger partial charge in [0.05, 0.1) is 17.9 Å². The number of aromatic carboxylic acids is 1. The Bertz CT molecular complexity index is 593. The molecule has 2 rings (SSSR count). The van der Waals surface area contributed by atoms with E-state index in [1.54, 1.807) is 42.7 Å². The first-order valence-electron chi connectivity index (χ1n) is 6.02. The van der Waals surface area contributed by atoms with Crippen molar-refractivity contribution in [1.29, 1.82) is 0 Å². The van der Waals surface area contributed by atoms with E-state index in [1.807, 2.05) is 13.8 Å². The fraction of sp³-hybridized carbons (Fsp3) is 0.200. The number of nitrogens with zero attached hydrogens (tertiary/aromatic N) is 1. The number of aromatic nitrogens is 1. The fourth-order valence-corrected chi connectivity index (χ4v) is 1.82. The van der Waals surface area contributed by atoms with Gasteiger partial charge in [-0.2, -0.15) is 0 Å². The smallest absolute Gasteiger partial charge is 0.336 e. The summed E-state index contributed by atoms with van der Waals surface area (Å²) in [6.07, 6.45) is 3.30. The number of rotatable bonds is 4. The third-order valence-corrected chi connectivity index (χ3v) is 2.55. The molecule has 1 heterocycles. The van der Waals surface area contributed by atoms with Crippen LogP contribution in [-0.4, -0.2) is 22.2 Å². The highest BCUT2D eigenvalue weighted by molar-refractivity contribution is 5.95. The number of carbonyl (C=O) groups is 1. The summed E-state index contributed by atoms with van der Waals surface area (Å²) < 4.78 is 5.57. The zero-order chi connectivity index (χ0) is 13.8. The lowest BCUT2D eigenvalue weighted by Gasteiger charge is -2.11. The number of ether oxygens (including phenoxy) is 1. The first-order valence-corrected chi connectivity index (χ1v) is 6.02. The molecule has 4 nitrogen and oxygen atoms in total. The van der Waals surface area contributed by atoms with Crippen LogP contribution in [-0.2, 0) is 0 Å². The molecule has 1 aromatic heterocycles. The molecule has 0 atom stereocenters. The highest BCUT2D eigenvalue weighted by Crippen LogP contribution is 2.26. The highest BCUT2D eigenvalue weighted by atomic mass is 16.5. The van der Waals surface area contributed by atoms with Gasteiger partial charge in [-0.25, -0.2) is 4.79 Å². The van der Waals surface area contributed by atoms with E-state index in [0.29, 0.717) is 11.3 Å². The van der Waals surface area contributed by atoms with Crippen LogP contribution in [0.15, 0.2) is 42.7 Å². The Labute approximate surface area is 111 Å². The number of pyridine rings is 1. The molecule has 1 aromatic carbocycles. The van der Waals surface area contributed by atoms with Crippen LogP contribution in [0.5, 0.6) is 5.75 Å². The topological polar surface area (TPSA) is 59.4 Å². The zero-order valence-electron chi connectivity index (χ0n) is 10.8. The van der Waals surface area contributed by atoms with Gasteiger partial charge in [0.25, 0.3) is 0 Å². The number of carboxylic acids is 1. The second-order valence-electron chi connectivity index (χ2n) is 4.43. The van der Waals surface area contributed by atoms with E-state index in [-0.39, 0.29) is 11.7 Å². The van der Waals surface area contributed by atoms with E-state index >= 15 is 0 Å². The van der Waals surface area contributed by atoms with Gasteiger partial charge < -0.3 is 9.84 Å². The second-order valence-corrected chi connectivity index (χ2v) is 4.43. The van der Waals surface area contributed by atoms with Gasteiger partial charge in [0.15, 0.2) is 0 Å². The molecule has 4 heteroatoms. The minimum Gasteiger partial charge on any atom is -0.489 e. The normalized spacial score (nSPS) is 10.5. The average molecular weight is 257 g/mol. The number of hydrogen-bond donors (Lipinski definition) is 1. The lowest BCUT2D eigenvalue weighted by atomic mass is 10.0. The zero-order valence-corrected chi connectivity index (χ0v) is 10.8. The maximum absolute atomic E-state index is 11.2. The fourth-order valence-electron chi connectivity index (χ4n) is 1.82. The maximum atomic E-state index is 11.2. The van der Waals surface area contributed by atoms with Crippen LogP contribution in [0.2, 0.25) is 0 Å². The molecule has 0 bridgehead atoms. The van der Waals surface area contributed by atoms with E-state index in [9.17, 15) is 9.90 Å². The monoisotopic (exact) mass is 257 g/mol. The van der Waals surface area contributed by atoms with E-state index in [2.05, 4.69) is 4.98 Å². The van der Waals surface area contributed by atoms with Crippen LogP contribution >= 0.6 is 0 Å². The Morgan fingerprint density at radius 2 is 2.00 bits per heavy atom. The van der Waals surface area contributed by atoms with Crippen LogP contribution in [0.25, 0.3) is 11.1 Å². The summed E-state index contributed by atoms with van der Waals surface area (Å²) in [5.74, 6) is -0.321. The van der Waals surface area contributed by atoms with Crippen LogP contribution < -0.4 is 4.74 Å². The first-order chi connectivity index (χ1) is 9.08. The maximum Gasteiger partial charge on any atom is 0.336 e. The predicted molar refractivity (Wildman–Crippen MR) is 72.4 cm³/mol. The van der Waals surface area contributed by atoms with Gasteiger partial charge >= 0.3 is 5.97 Å². The van der Waals surface area contributed by atoms with Crippen LogP contribution in [0.1, 0.15) is 24.2 Å². The Kier molecular flexibility index (Phi) is 3.80. The van der Waals surface area contributed by atoms with Crippen LogP contribution in [0.4, 0.5) is 0 Å². The van der Waals surface area contributed by atoms with Gasteiger partial charge in [-0.05, 0) is 31.5 Å². The van der Waals surface area contributed by atoms with Crippen molar-refractivity contribution in [2.24, 2.45) is 0 Å². The van der Waals surface area contributed by atoms with Crippen molar-refractivity contribution < 1.29 is 14.6 Å². The molecule has 98 valence electrons. The standard InChI is InChI=1S/C15H15NO3/c1-10(2)19-12-7-11(8-16-9-12)13-5-3-4-6-14(13)15(17)18/h3-10H,1-2H3,(H,17,18). The van der Waals surface area contributed by atoms with Gasteiger partial charge in [-0.15, -0.1) is 0 Å². The molecule has 0 fully saturated rings. The molecule has 0 amide bonds. The highest BCUT2D eigenvalue weighted by Gasteiger charge is 2.11. The minimum atomic E-state index is -0.953. The molecule has 0 saturated carbocycles. The minimum absolute atomic E-state index is 0.0479. The molecular weight excluding hydrogens is 242 g/mol. The van der Waals surface area contributed by atoms with Gasteiger partial charge in [-0.3, -0.25) is 4.98 Å².